The van der Waals surface area contributed by atoms with Crippen LogP contribution < -0.4 is 5.48 Å². The van der Waals surface area contributed by atoms with Crippen molar-refractivity contribution in [1.82, 2.24) is 9.79 Å². The normalized spacial score (nSPS) is 15.5. The Morgan fingerprint density at radius 2 is 2.00 bits per heavy atom. The van der Waals surface area contributed by atoms with Crippen LogP contribution in [0.15, 0.2) is 40.8 Å². The van der Waals surface area contributed by atoms with Crippen LogP contribution in [0, 0.1) is 11.3 Å². The first-order valence-electron chi connectivity index (χ1n) is 5.63. The van der Waals surface area contributed by atoms with E-state index in [1.54, 1.807) is 0 Å². The molecule has 0 aromatic heterocycles. The van der Waals surface area contributed by atoms with Crippen LogP contribution in [-0.4, -0.2) is 36.9 Å². The zero-order valence-electron chi connectivity index (χ0n) is 10.3. The van der Waals surface area contributed by atoms with Crippen molar-refractivity contribution in [3.8, 4) is 6.07 Å². The highest BCUT2D eigenvalue weighted by molar-refractivity contribution is 7.89. The van der Waals surface area contributed by atoms with Gasteiger partial charge in [0.2, 0.25) is 10.0 Å². The summed E-state index contributed by atoms with van der Waals surface area (Å²) < 4.78 is 25.7. The number of hydroxylamine groups is 1. The van der Waals surface area contributed by atoms with Gasteiger partial charge in [0.25, 0.3) is 5.91 Å². The average molecular weight is 293 g/mol. The van der Waals surface area contributed by atoms with Gasteiger partial charge in [-0.15, -0.1) is 0 Å². The van der Waals surface area contributed by atoms with E-state index in [-0.39, 0.29) is 23.6 Å². The molecule has 1 aromatic rings. The lowest BCUT2D eigenvalue weighted by Gasteiger charge is -2.16. The van der Waals surface area contributed by atoms with Gasteiger partial charge in [-0.3, -0.25) is 10.0 Å². The Balaban J connectivity index is 2.21. The molecule has 0 radical (unpaired) electrons. The predicted molar refractivity (Wildman–Crippen MR) is 67.9 cm³/mol. The van der Waals surface area contributed by atoms with Crippen LogP contribution in [0.2, 0.25) is 0 Å². The minimum Gasteiger partial charge on any atom is -0.288 e. The van der Waals surface area contributed by atoms with Crippen molar-refractivity contribution in [3.63, 3.8) is 0 Å². The molecular formula is C12H11N3O4S. The first-order chi connectivity index (χ1) is 9.48. The third-order valence-corrected chi connectivity index (χ3v) is 4.73. The molecule has 104 valence electrons. The number of benzene rings is 1. The van der Waals surface area contributed by atoms with Gasteiger partial charge in [-0.1, -0.05) is 6.08 Å². The Morgan fingerprint density at radius 1 is 1.35 bits per heavy atom. The van der Waals surface area contributed by atoms with Gasteiger partial charge < -0.3 is 0 Å². The molecule has 2 rings (SSSR count). The minimum atomic E-state index is -3.73. The summed E-state index contributed by atoms with van der Waals surface area (Å²) in [6.07, 6.45) is 1.44. The molecular weight excluding hydrogens is 282 g/mol. The Hall–Kier alpha value is -2.21. The van der Waals surface area contributed by atoms with Gasteiger partial charge >= 0.3 is 0 Å². The van der Waals surface area contributed by atoms with Gasteiger partial charge in [0, 0.05) is 18.7 Å². The van der Waals surface area contributed by atoms with Crippen molar-refractivity contribution in [1.29, 1.82) is 5.26 Å². The highest BCUT2D eigenvalue weighted by atomic mass is 32.2. The van der Waals surface area contributed by atoms with Gasteiger partial charge in [-0.25, -0.2) is 13.9 Å². The summed E-state index contributed by atoms with van der Waals surface area (Å²) >= 11 is 0. The third kappa shape index (κ3) is 2.55. The molecule has 0 atom stereocenters. The van der Waals surface area contributed by atoms with Crippen molar-refractivity contribution in [2.24, 2.45) is 0 Å². The molecule has 1 amide bonds. The molecule has 7 nitrogen and oxygen atoms in total. The third-order valence-electron chi connectivity index (χ3n) is 2.90. The summed E-state index contributed by atoms with van der Waals surface area (Å²) in [5.41, 5.74) is 2.02. The molecule has 0 saturated heterocycles. The maximum atomic E-state index is 12.3. The molecule has 0 saturated carbocycles. The molecule has 20 heavy (non-hydrogen) atoms. The molecule has 0 unspecified atom stereocenters. The second-order valence-corrected chi connectivity index (χ2v) is 6.04. The molecule has 0 bridgehead atoms. The standard InChI is InChI=1S/C12H11N3O4S/c13-7-9-1-3-11(4-2-9)20(18,19)15-6-5-10(8-15)12(16)14-17/h1-5,17H,6,8H2,(H,14,16). The van der Waals surface area contributed by atoms with Crippen molar-refractivity contribution in [2.75, 3.05) is 13.1 Å². The molecule has 0 aliphatic carbocycles. The van der Waals surface area contributed by atoms with E-state index >= 15 is 0 Å². The summed E-state index contributed by atoms with van der Waals surface area (Å²) in [7, 11) is -3.73. The highest BCUT2D eigenvalue weighted by Gasteiger charge is 2.30. The molecule has 0 fully saturated rings. The van der Waals surface area contributed by atoms with Crippen LogP contribution in [0.3, 0.4) is 0 Å². The van der Waals surface area contributed by atoms with E-state index < -0.39 is 15.9 Å². The Labute approximate surface area is 115 Å². The van der Waals surface area contributed by atoms with Crippen LogP contribution >= 0.6 is 0 Å². The number of rotatable bonds is 3. The maximum absolute atomic E-state index is 12.3. The van der Waals surface area contributed by atoms with E-state index in [0.29, 0.717) is 5.56 Å². The topological polar surface area (TPSA) is 111 Å². The van der Waals surface area contributed by atoms with Crippen LogP contribution in [0.4, 0.5) is 0 Å². The fourth-order valence-electron chi connectivity index (χ4n) is 1.80. The Kier molecular flexibility index (Phi) is 3.85. The number of amides is 1. The fourth-order valence-corrected chi connectivity index (χ4v) is 3.16. The fraction of sp³-hybridized carbons (Fsp3) is 0.167. The van der Waals surface area contributed by atoms with Crippen molar-refractivity contribution in [2.45, 2.75) is 4.90 Å². The van der Waals surface area contributed by atoms with Crippen molar-refractivity contribution < 1.29 is 18.4 Å². The molecule has 1 aromatic carbocycles. The number of nitrogens with zero attached hydrogens (tertiary/aromatic N) is 2. The number of sulfonamides is 1. The second kappa shape index (κ2) is 5.42. The number of carbonyl (C=O) groups is 1. The maximum Gasteiger partial charge on any atom is 0.271 e. The van der Waals surface area contributed by atoms with E-state index in [0.717, 1.165) is 4.31 Å². The number of nitriles is 1. The lowest BCUT2D eigenvalue weighted by atomic mass is 10.2. The molecule has 1 aliphatic heterocycles. The van der Waals surface area contributed by atoms with Gasteiger partial charge in [-0.05, 0) is 24.3 Å². The highest BCUT2D eigenvalue weighted by Crippen LogP contribution is 2.21. The van der Waals surface area contributed by atoms with E-state index in [1.165, 1.54) is 35.8 Å². The number of nitrogens with one attached hydrogen (secondary N) is 1. The Morgan fingerprint density at radius 3 is 2.55 bits per heavy atom. The van der Waals surface area contributed by atoms with Crippen molar-refractivity contribution in [3.05, 3.63) is 41.5 Å². The Bertz CT molecular complexity index is 701. The smallest absolute Gasteiger partial charge is 0.271 e. The van der Waals surface area contributed by atoms with Gasteiger partial charge in [0.15, 0.2) is 0 Å². The first kappa shape index (κ1) is 14.2. The monoisotopic (exact) mass is 293 g/mol. The summed E-state index contributed by atoms with van der Waals surface area (Å²) in [5, 5.41) is 17.2. The van der Waals surface area contributed by atoms with E-state index in [2.05, 4.69) is 0 Å². The number of hydrogen-bond acceptors (Lipinski definition) is 5. The van der Waals surface area contributed by atoms with E-state index in [4.69, 9.17) is 10.5 Å². The first-order valence-corrected chi connectivity index (χ1v) is 7.07. The largest absolute Gasteiger partial charge is 0.288 e. The zero-order chi connectivity index (χ0) is 14.8. The van der Waals surface area contributed by atoms with Gasteiger partial charge in [0.1, 0.15) is 0 Å². The number of hydrogen-bond donors (Lipinski definition) is 2. The van der Waals surface area contributed by atoms with Crippen LogP contribution in [0.25, 0.3) is 0 Å². The van der Waals surface area contributed by atoms with Crippen LogP contribution in [0.5, 0.6) is 0 Å². The number of carbonyl (C=O) groups excluding carboxylic acids is 1. The molecule has 2 N–H and O–H groups in total. The van der Waals surface area contributed by atoms with Gasteiger partial charge in [-0.2, -0.15) is 9.57 Å². The molecule has 1 aliphatic rings. The summed E-state index contributed by atoms with van der Waals surface area (Å²) in [6.45, 7) is -0.0418. The minimum absolute atomic E-state index is 0.0514. The quantitative estimate of drug-likeness (QED) is 0.601. The van der Waals surface area contributed by atoms with Gasteiger partial charge in [0.05, 0.1) is 16.5 Å². The second-order valence-electron chi connectivity index (χ2n) is 4.10. The zero-order valence-corrected chi connectivity index (χ0v) is 11.1. The summed E-state index contributed by atoms with van der Waals surface area (Å²) in [5.74, 6) is -0.720. The lowest BCUT2D eigenvalue weighted by Crippen LogP contribution is -2.31. The average Bonchev–Trinajstić information content (AvgIpc) is 2.97. The molecule has 8 heteroatoms. The summed E-state index contributed by atoms with van der Waals surface area (Å²) in [4.78, 5) is 11.3. The lowest BCUT2D eigenvalue weighted by molar-refractivity contribution is -0.125. The SMILES string of the molecule is N#Cc1ccc(S(=O)(=O)N2CC=C(C(=O)NO)C2)cc1. The van der Waals surface area contributed by atoms with E-state index in [9.17, 15) is 13.2 Å². The van der Waals surface area contributed by atoms with Crippen molar-refractivity contribution >= 4 is 15.9 Å². The summed E-state index contributed by atoms with van der Waals surface area (Å²) in [6, 6.07) is 7.42. The van der Waals surface area contributed by atoms with Crippen LogP contribution in [0.1, 0.15) is 5.56 Å². The molecule has 0 spiro atoms. The predicted octanol–water partition coefficient (Wildman–Crippen LogP) is -0.00562. The molecule has 1 heterocycles. The van der Waals surface area contributed by atoms with Crippen LogP contribution in [-0.2, 0) is 14.8 Å². The van der Waals surface area contributed by atoms with E-state index in [1.807, 2.05) is 6.07 Å².